The predicted molar refractivity (Wildman–Crippen MR) is 112 cm³/mol. The van der Waals surface area contributed by atoms with Crippen molar-refractivity contribution in [2.45, 2.75) is 57.5 Å². The summed E-state index contributed by atoms with van der Waals surface area (Å²) in [6.45, 7) is 3.27. The molecule has 0 unspecified atom stereocenters. The second kappa shape index (κ2) is 9.71. The fraction of sp³-hybridized carbons (Fsp3) is 0.619. The van der Waals surface area contributed by atoms with E-state index in [9.17, 15) is 18.0 Å². The van der Waals surface area contributed by atoms with Crippen molar-refractivity contribution in [1.29, 1.82) is 0 Å². The van der Waals surface area contributed by atoms with E-state index in [-0.39, 0.29) is 18.0 Å². The average Bonchev–Trinajstić information content (AvgIpc) is 2.70. The molecule has 1 saturated carbocycles. The standard InChI is InChI=1S/C21H31N3O4S/c1-16-7-9-19(10-8-16)23-29(27,28)15-20(25)22-18-11-13-24(14-12-18)21(26)17-5-3-2-4-6-17/h2-6,16,18-19,23H,7-15H2,1H3,(H,22,25). The summed E-state index contributed by atoms with van der Waals surface area (Å²) >= 11 is 0. The number of rotatable bonds is 6. The van der Waals surface area contributed by atoms with Crippen LogP contribution >= 0.6 is 0 Å². The molecule has 2 fully saturated rings. The Morgan fingerprint density at radius 1 is 0.966 bits per heavy atom. The van der Waals surface area contributed by atoms with Crippen molar-refractivity contribution in [3.8, 4) is 0 Å². The van der Waals surface area contributed by atoms with Crippen molar-refractivity contribution in [2.24, 2.45) is 5.92 Å². The monoisotopic (exact) mass is 421 g/mol. The summed E-state index contributed by atoms with van der Waals surface area (Å²) in [4.78, 5) is 26.5. The number of hydrogen-bond acceptors (Lipinski definition) is 4. The van der Waals surface area contributed by atoms with E-state index in [0.29, 0.717) is 37.4 Å². The molecule has 2 aliphatic rings. The van der Waals surface area contributed by atoms with Gasteiger partial charge in [0.25, 0.3) is 5.91 Å². The van der Waals surface area contributed by atoms with E-state index >= 15 is 0 Å². The van der Waals surface area contributed by atoms with Crippen LogP contribution in [0, 0.1) is 5.92 Å². The van der Waals surface area contributed by atoms with Crippen LogP contribution in [0.5, 0.6) is 0 Å². The third kappa shape index (κ3) is 6.54. The van der Waals surface area contributed by atoms with E-state index in [0.717, 1.165) is 25.7 Å². The Hall–Kier alpha value is -1.93. The first-order valence-electron chi connectivity index (χ1n) is 10.5. The second-order valence-corrected chi connectivity index (χ2v) is 10.1. The summed E-state index contributed by atoms with van der Waals surface area (Å²) in [5.74, 6) is -0.389. The van der Waals surface area contributed by atoms with Crippen LogP contribution in [-0.4, -0.2) is 56.1 Å². The van der Waals surface area contributed by atoms with Crippen LogP contribution in [0.25, 0.3) is 0 Å². The van der Waals surface area contributed by atoms with Crippen molar-refractivity contribution >= 4 is 21.8 Å². The van der Waals surface area contributed by atoms with Gasteiger partial charge in [0.15, 0.2) is 0 Å². The highest BCUT2D eigenvalue weighted by Gasteiger charge is 2.28. The topological polar surface area (TPSA) is 95.6 Å². The van der Waals surface area contributed by atoms with Gasteiger partial charge in [0.2, 0.25) is 15.9 Å². The summed E-state index contributed by atoms with van der Waals surface area (Å²) in [5.41, 5.74) is 0.657. The minimum absolute atomic E-state index is 0.0102. The number of amides is 2. The van der Waals surface area contributed by atoms with Crippen LogP contribution in [0.4, 0.5) is 0 Å². The Morgan fingerprint density at radius 2 is 1.59 bits per heavy atom. The predicted octanol–water partition coefficient (Wildman–Crippen LogP) is 1.91. The smallest absolute Gasteiger partial charge is 0.253 e. The molecule has 1 aliphatic heterocycles. The van der Waals surface area contributed by atoms with E-state index in [1.165, 1.54) is 0 Å². The molecule has 0 atom stereocenters. The van der Waals surface area contributed by atoms with Crippen molar-refractivity contribution in [1.82, 2.24) is 14.9 Å². The molecule has 2 N–H and O–H groups in total. The Kier molecular flexibility index (Phi) is 7.29. The molecule has 2 amide bonds. The van der Waals surface area contributed by atoms with Crippen LogP contribution in [0.1, 0.15) is 55.8 Å². The van der Waals surface area contributed by atoms with Gasteiger partial charge in [-0.15, -0.1) is 0 Å². The molecule has 0 radical (unpaired) electrons. The number of carbonyl (C=O) groups excluding carboxylic acids is 2. The number of nitrogens with zero attached hydrogens (tertiary/aromatic N) is 1. The third-order valence-corrected chi connectivity index (χ3v) is 7.19. The molecule has 1 aromatic rings. The summed E-state index contributed by atoms with van der Waals surface area (Å²) in [7, 11) is -3.64. The summed E-state index contributed by atoms with van der Waals surface area (Å²) in [6.07, 6.45) is 4.93. The largest absolute Gasteiger partial charge is 0.352 e. The summed E-state index contributed by atoms with van der Waals surface area (Å²) in [6, 6.07) is 8.97. The SMILES string of the molecule is CC1CCC(NS(=O)(=O)CC(=O)NC2CCN(C(=O)c3ccccc3)CC2)CC1. The van der Waals surface area contributed by atoms with Crippen molar-refractivity contribution in [3.05, 3.63) is 35.9 Å². The molecule has 3 rings (SSSR count). The fourth-order valence-corrected chi connectivity index (χ4v) is 5.36. The first kappa shape index (κ1) is 21.8. The van der Waals surface area contributed by atoms with Crippen LogP contribution in [0.2, 0.25) is 0 Å². The average molecular weight is 422 g/mol. The minimum atomic E-state index is -3.64. The first-order valence-corrected chi connectivity index (χ1v) is 12.1. The van der Waals surface area contributed by atoms with Gasteiger partial charge in [0, 0.05) is 30.7 Å². The number of carbonyl (C=O) groups is 2. The minimum Gasteiger partial charge on any atom is -0.352 e. The Labute approximate surface area is 173 Å². The molecule has 29 heavy (non-hydrogen) atoms. The number of piperidine rings is 1. The molecular formula is C21H31N3O4S. The zero-order valence-electron chi connectivity index (χ0n) is 17.0. The molecule has 1 saturated heterocycles. The number of likely N-dealkylation sites (tertiary alicyclic amines) is 1. The highest BCUT2D eigenvalue weighted by atomic mass is 32.2. The second-order valence-electron chi connectivity index (χ2n) is 8.33. The third-order valence-electron chi connectivity index (χ3n) is 5.85. The van der Waals surface area contributed by atoms with Gasteiger partial charge in [0.05, 0.1) is 0 Å². The zero-order valence-corrected chi connectivity index (χ0v) is 17.8. The first-order chi connectivity index (χ1) is 13.8. The van der Waals surface area contributed by atoms with Crippen LogP contribution in [0.3, 0.4) is 0 Å². The van der Waals surface area contributed by atoms with Gasteiger partial charge in [0.1, 0.15) is 5.75 Å². The lowest BCUT2D eigenvalue weighted by atomic mass is 9.88. The molecule has 8 heteroatoms. The summed E-state index contributed by atoms with van der Waals surface area (Å²) in [5, 5.41) is 2.82. The van der Waals surface area contributed by atoms with Gasteiger partial charge in [-0.3, -0.25) is 9.59 Å². The molecule has 7 nitrogen and oxygen atoms in total. The van der Waals surface area contributed by atoms with Gasteiger partial charge < -0.3 is 10.2 Å². The highest BCUT2D eigenvalue weighted by Crippen LogP contribution is 2.23. The van der Waals surface area contributed by atoms with E-state index in [1.54, 1.807) is 17.0 Å². The van der Waals surface area contributed by atoms with E-state index < -0.39 is 21.7 Å². The Bertz CT molecular complexity index is 796. The molecule has 1 aromatic carbocycles. The molecule has 0 bridgehead atoms. The molecular weight excluding hydrogens is 390 g/mol. The van der Waals surface area contributed by atoms with E-state index in [2.05, 4.69) is 17.0 Å². The van der Waals surface area contributed by atoms with Crippen molar-refractivity contribution < 1.29 is 18.0 Å². The van der Waals surface area contributed by atoms with Gasteiger partial charge >= 0.3 is 0 Å². The van der Waals surface area contributed by atoms with E-state index in [1.807, 2.05) is 18.2 Å². The van der Waals surface area contributed by atoms with Gasteiger partial charge in [-0.1, -0.05) is 25.1 Å². The van der Waals surface area contributed by atoms with Crippen LogP contribution < -0.4 is 10.0 Å². The number of benzene rings is 1. The van der Waals surface area contributed by atoms with Crippen molar-refractivity contribution in [2.75, 3.05) is 18.8 Å². The van der Waals surface area contributed by atoms with Gasteiger partial charge in [-0.2, -0.15) is 0 Å². The lowest BCUT2D eigenvalue weighted by molar-refractivity contribution is -0.119. The zero-order chi connectivity index (χ0) is 20.9. The molecule has 1 heterocycles. The number of nitrogens with one attached hydrogen (secondary N) is 2. The molecule has 160 valence electrons. The van der Waals surface area contributed by atoms with Crippen LogP contribution in [-0.2, 0) is 14.8 Å². The highest BCUT2D eigenvalue weighted by molar-refractivity contribution is 7.90. The number of hydrogen-bond donors (Lipinski definition) is 2. The maximum atomic E-state index is 12.5. The van der Waals surface area contributed by atoms with Crippen molar-refractivity contribution in [3.63, 3.8) is 0 Å². The van der Waals surface area contributed by atoms with Gasteiger partial charge in [-0.25, -0.2) is 13.1 Å². The Morgan fingerprint density at radius 3 is 2.21 bits per heavy atom. The molecule has 0 aromatic heterocycles. The molecule has 0 spiro atoms. The molecule has 1 aliphatic carbocycles. The maximum absolute atomic E-state index is 12.5. The lowest BCUT2D eigenvalue weighted by Crippen LogP contribution is -2.49. The maximum Gasteiger partial charge on any atom is 0.253 e. The fourth-order valence-electron chi connectivity index (χ4n) is 4.11. The van der Waals surface area contributed by atoms with Crippen LogP contribution in [0.15, 0.2) is 30.3 Å². The quantitative estimate of drug-likeness (QED) is 0.733. The summed E-state index contributed by atoms with van der Waals surface area (Å²) < 4.78 is 27.3. The lowest BCUT2D eigenvalue weighted by Gasteiger charge is -2.32. The van der Waals surface area contributed by atoms with E-state index in [4.69, 9.17) is 0 Å². The van der Waals surface area contributed by atoms with Gasteiger partial charge in [-0.05, 0) is 56.6 Å². The number of sulfonamides is 1. The Balaban J connectivity index is 1.42. The normalized spacial score (nSPS) is 23.6.